The molecule has 0 aliphatic heterocycles. The fourth-order valence-corrected chi connectivity index (χ4v) is 8.21. The van der Waals surface area contributed by atoms with Gasteiger partial charge in [-0.2, -0.15) is 0 Å². The van der Waals surface area contributed by atoms with Gasteiger partial charge >= 0.3 is 0 Å². The number of hydrogen-bond acceptors (Lipinski definition) is 0. The fraction of sp³-hybridized carbons (Fsp3) is 0.913. The molecule has 0 heteroatoms. The molecular weight excluding hydrogens is 276 g/mol. The van der Waals surface area contributed by atoms with Gasteiger partial charge in [0.25, 0.3) is 0 Å². The van der Waals surface area contributed by atoms with Crippen molar-refractivity contribution in [3.63, 3.8) is 0 Å². The van der Waals surface area contributed by atoms with E-state index in [1.54, 1.807) is 0 Å². The van der Waals surface area contributed by atoms with Crippen molar-refractivity contribution in [1.29, 1.82) is 0 Å². The van der Waals surface area contributed by atoms with Gasteiger partial charge in [0.2, 0.25) is 0 Å². The Bertz CT molecular complexity index is 530. The van der Waals surface area contributed by atoms with E-state index in [0.717, 1.165) is 11.8 Å². The molecule has 0 heterocycles. The van der Waals surface area contributed by atoms with Crippen LogP contribution < -0.4 is 0 Å². The highest BCUT2D eigenvalue weighted by molar-refractivity contribution is 5.34. The van der Waals surface area contributed by atoms with Crippen LogP contribution in [0.2, 0.25) is 0 Å². The van der Waals surface area contributed by atoms with Crippen molar-refractivity contribution in [2.45, 2.75) is 98.8 Å². The lowest BCUT2D eigenvalue weighted by Crippen LogP contribution is -2.55. The van der Waals surface area contributed by atoms with E-state index in [2.05, 4.69) is 40.7 Å². The Hall–Kier alpha value is -0.260. The van der Waals surface area contributed by atoms with Gasteiger partial charge in [0.1, 0.15) is 0 Å². The molecule has 0 nitrogen and oxygen atoms in total. The van der Waals surface area contributed by atoms with Crippen LogP contribution in [0.25, 0.3) is 0 Å². The molecule has 23 heavy (non-hydrogen) atoms. The van der Waals surface area contributed by atoms with Crippen LogP contribution in [-0.2, 0) is 0 Å². The van der Waals surface area contributed by atoms with Crippen LogP contribution in [0, 0.1) is 33.5 Å². The highest BCUT2D eigenvalue weighted by Gasteiger charge is 2.63. The Kier molecular flexibility index (Phi) is 3.45. The second-order valence-electron chi connectivity index (χ2n) is 10.6. The van der Waals surface area contributed by atoms with E-state index in [0.29, 0.717) is 21.7 Å². The zero-order valence-electron chi connectivity index (χ0n) is 16.3. The van der Waals surface area contributed by atoms with E-state index >= 15 is 0 Å². The Morgan fingerprint density at radius 1 is 0.957 bits per heavy atom. The first-order chi connectivity index (χ1) is 10.8. The van der Waals surface area contributed by atoms with Crippen LogP contribution in [0.5, 0.6) is 0 Å². The van der Waals surface area contributed by atoms with Gasteiger partial charge in [-0.25, -0.2) is 0 Å². The maximum Gasteiger partial charge on any atom is -0.00571 e. The summed E-state index contributed by atoms with van der Waals surface area (Å²) in [7, 11) is 0. The maximum atomic E-state index is 2.78. The molecule has 0 saturated heterocycles. The summed E-state index contributed by atoms with van der Waals surface area (Å²) in [5.74, 6) is 1.91. The summed E-state index contributed by atoms with van der Waals surface area (Å²) in [6.07, 6.45) is 17.3. The zero-order valence-corrected chi connectivity index (χ0v) is 16.3. The van der Waals surface area contributed by atoms with Crippen molar-refractivity contribution in [2.75, 3.05) is 0 Å². The molecule has 4 aliphatic carbocycles. The van der Waals surface area contributed by atoms with Gasteiger partial charge in [-0.15, -0.1) is 0 Å². The second-order valence-corrected chi connectivity index (χ2v) is 10.6. The predicted molar refractivity (Wildman–Crippen MR) is 99.3 cm³/mol. The molecule has 3 saturated carbocycles. The lowest BCUT2D eigenvalue weighted by atomic mass is 9.39. The van der Waals surface area contributed by atoms with Gasteiger partial charge < -0.3 is 0 Å². The van der Waals surface area contributed by atoms with Crippen LogP contribution in [-0.4, -0.2) is 0 Å². The Morgan fingerprint density at radius 2 is 1.70 bits per heavy atom. The van der Waals surface area contributed by atoms with Crippen molar-refractivity contribution in [3.05, 3.63) is 11.6 Å². The highest BCUT2D eigenvalue weighted by atomic mass is 14.7. The SMILES string of the molecule is CCC1CCC2C3(C)CCC4(C)CCCCC4(C)C3=CCC12C. The molecule has 0 aromatic rings. The summed E-state index contributed by atoms with van der Waals surface area (Å²) in [5, 5.41) is 0. The number of hydrogen-bond donors (Lipinski definition) is 0. The molecule has 0 aromatic carbocycles. The molecule has 4 aliphatic rings. The number of allylic oxidation sites excluding steroid dienone is 2. The summed E-state index contributed by atoms with van der Waals surface area (Å²) in [6, 6.07) is 0. The van der Waals surface area contributed by atoms with Gasteiger partial charge in [0.15, 0.2) is 0 Å². The smallest absolute Gasteiger partial charge is 0.00571 e. The monoisotopic (exact) mass is 314 g/mol. The normalized spacial score (nSPS) is 55.6. The van der Waals surface area contributed by atoms with Crippen LogP contribution >= 0.6 is 0 Å². The number of fused-ring (bicyclic) bond motifs is 5. The zero-order chi connectivity index (χ0) is 16.5. The van der Waals surface area contributed by atoms with Gasteiger partial charge in [-0.3, -0.25) is 0 Å². The van der Waals surface area contributed by atoms with Crippen LogP contribution in [0.15, 0.2) is 11.6 Å². The minimum Gasteiger partial charge on any atom is -0.0836 e. The summed E-state index contributed by atoms with van der Waals surface area (Å²) >= 11 is 0. The lowest BCUT2D eigenvalue weighted by Gasteiger charge is -2.65. The molecule has 0 N–H and O–H groups in total. The Balaban J connectivity index is 1.80. The average Bonchev–Trinajstić information content (AvgIpc) is 2.86. The van der Waals surface area contributed by atoms with Crippen LogP contribution in [0.4, 0.5) is 0 Å². The third kappa shape index (κ3) is 1.85. The lowest BCUT2D eigenvalue weighted by molar-refractivity contribution is -0.0671. The minimum absolute atomic E-state index is 0.490. The van der Waals surface area contributed by atoms with Gasteiger partial charge in [0.05, 0.1) is 0 Å². The van der Waals surface area contributed by atoms with E-state index < -0.39 is 0 Å². The third-order valence-electron chi connectivity index (χ3n) is 9.93. The fourth-order valence-electron chi connectivity index (χ4n) is 8.21. The molecular formula is C23H38. The standard InChI is InChI=1S/C23H38/c1-6-17-9-10-18-21(17,3)14-11-19-22(18,4)16-15-20(2)12-7-8-13-23(19,20)5/h11,17-18H,6-10,12-16H2,1-5H3. The van der Waals surface area contributed by atoms with Crippen molar-refractivity contribution >= 4 is 0 Å². The van der Waals surface area contributed by atoms with Crippen molar-refractivity contribution < 1.29 is 0 Å². The quantitative estimate of drug-likeness (QED) is 0.451. The minimum atomic E-state index is 0.490. The summed E-state index contributed by atoms with van der Waals surface area (Å²) in [4.78, 5) is 0. The largest absolute Gasteiger partial charge is 0.0836 e. The van der Waals surface area contributed by atoms with Crippen LogP contribution in [0.1, 0.15) is 98.8 Å². The number of rotatable bonds is 1. The van der Waals surface area contributed by atoms with E-state index in [4.69, 9.17) is 0 Å². The molecule has 0 spiro atoms. The van der Waals surface area contributed by atoms with E-state index in [9.17, 15) is 0 Å². The first-order valence-corrected chi connectivity index (χ1v) is 10.5. The maximum absolute atomic E-state index is 2.78. The highest BCUT2D eigenvalue weighted by Crippen LogP contribution is 2.73. The predicted octanol–water partition coefficient (Wildman–Crippen LogP) is 7.15. The molecule has 0 bridgehead atoms. The first kappa shape index (κ1) is 16.2. The molecule has 130 valence electrons. The summed E-state index contributed by atoms with van der Waals surface area (Å²) in [6.45, 7) is 13.0. The van der Waals surface area contributed by atoms with E-state index in [1.807, 2.05) is 5.57 Å². The molecule has 4 rings (SSSR count). The molecule has 0 aromatic heterocycles. The molecule has 0 amide bonds. The Morgan fingerprint density at radius 3 is 2.43 bits per heavy atom. The van der Waals surface area contributed by atoms with E-state index in [-0.39, 0.29) is 0 Å². The molecule has 3 fully saturated rings. The van der Waals surface area contributed by atoms with Crippen molar-refractivity contribution in [1.82, 2.24) is 0 Å². The molecule has 6 unspecified atom stereocenters. The summed E-state index contributed by atoms with van der Waals surface area (Å²) < 4.78 is 0. The first-order valence-electron chi connectivity index (χ1n) is 10.5. The summed E-state index contributed by atoms with van der Waals surface area (Å²) in [5.41, 5.74) is 4.07. The topological polar surface area (TPSA) is 0 Å². The van der Waals surface area contributed by atoms with Crippen molar-refractivity contribution in [3.8, 4) is 0 Å². The average molecular weight is 315 g/mol. The van der Waals surface area contributed by atoms with Gasteiger partial charge in [-0.05, 0) is 78.4 Å². The second kappa shape index (κ2) is 4.89. The van der Waals surface area contributed by atoms with Gasteiger partial charge in [-0.1, -0.05) is 65.5 Å². The third-order valence-corrected chi connectivity index (χ3v) is 9.93. The van der Waals surface area contributed by atoms with Gasteiger partial charge in [0, 0.05) is 0 Å². The molecule has 6 atom stereocenters. The Labute approximate surface area is 144 Å². The molecule has 0 radical (unpaired) electrons. The van der Waals surface area contributed by atoms with Crippen molar-refractivity contribution in [2.24, 2.45) is 33.5 Å². The van der Waals surface area contributed by atoms with E-state index in [1.165, 1.54) is 64.2 Å². The van der Waals surface area contributed by atoms with Crippen LogP contribution in [0.3, 0.4) is 0 Å².